The van der Waals surface area contributed by atoms with E-state index in [9.17, 15) is 14.4 Å². The van der Waals surface area contributed by atoms with Crippen molar-refractivity contribution < 1.29 is 28.6 Å². The molecular formula is C41H78O6. The van der Waals surface area contributed by atoms with Crippen molar-refractivity contribution in [2.75, 3.05) is 13.2 Å². The fourth-order valence-corrected chi connectivity index (χ4v) is 5.92. The molecule has 0 aromatic rings. The van der Waals surface area contributed by atoms with Crippen LogP contribution in [0.15, 0.2) is 0 Å². The Balaban J connectivity index is 4.25. The van der Waals surface area contributed by atoms with Crippen molar-refractivity contribution in [3.8, 4) is 0 Å². The summed E-state index contributed by atoms with van der Waals surface area (Å²) in [7, 11) is 0. The van der Waals surface area contributed by atoms with Crippen LogP contribution in [0.2, 0.25) is 0 Å². The monoisotopic (exact) mass is 667 g/mol. The maximum atomic E-state index is 12.6. The number of hydrogen-bond donors (Lipinski definition) is 0. The number of rotatable bonds is 36. The van der Waals surface area contributed by atoms with Gasteiger partial charge in [0.2, 0.25) is 0 Å². The van der Waals surface area contributed by atoms with E-state index in [2.05, 4.69) is 27.7 Å². The molecule has 0 aromatic carbocycles. The molecule has 0 radical (unpaired) electrons. The van der Waals surface area contributed by atoms with E-state index in [0.717, 1.165) is 70.1 Å². The summed E-state index contributed by atoms with van der Waals surface area (Å²) in [5, 5.41) is 0. The zero-order valence-electron chi connectivity index (χ0n) is 31.7. The number of hydrogen-bond acceptors (Lipinski definition) is 6. The Kier molecular flexibility index (Phi) is 34.5. The Morgan fingerprint density at radius 2 is 0.702 bits per heavy atom. The topological polar surface area (TPSA) is 78.9 Å². The first-order valence-corrected chi connectivity index (χ1v) is 20.4. The smallest absolute Gasteiger partial charge is 0.306 e. The molecular weight excluding hydrogens is 588 g/mol. The summed E-state index contributed by atoms with van der Waals surface area (Å²) in [6, 6.07) is 0. The molecule has 1 atom stereocenters. The minimum atomic E-state index is -0.756. The third-order valence-electron chi connectivity index (χ3n) is 9.04. The summed E-state index contributed by atoms with van der Waals surface area (Å²) in [5.74, 6) is -0.0672. The zero-order valence-corrected chi connectivity index (χ0v) is 31.7. The summed E-state index contributed by atoms with van der Waals surface area (Å²) in [6.07, 6.45) is 32.6. The van der Waals surface area contributed by atoms with Crippen molar-refractivity contribution in [2.45, 2.75) is 226 Å². The maximum Gasteiger partial charge on any atom is 0.306 e. The molecule has 0 aliphatic heterocycles. The highest BCUT2D eigenvalue weighted by atomic mass is 16.6. The van der Waals surface area contributed by atoms with E-state index in [1.807, 2.05) is 0 Å². The fourth-order valence-electron chi connectivity index (χ4n) is 5.92. The van der Waals surface area contributed by atoms with Gasteiger partial charge in [0.15, 0.2) is 6.10 Å². The van der Waals surface area contributed by atoms with Crippen molar-refractivity contribution >= 4 is 17.9 Å². The quantitative estimate of drug-likeness (QED) is 0.0376. The average Bonchev–Trinajstić information content (AvgIpc) is 3.05. The van der Waals surface area contributed by atoms with Gasteiger partial charge in [-0.15, -0.1) is 0 Å². The Labute approximate surface area is 291 Å². The third kappa shape index (κ3) is 35.5. The summed E-state index contributed by atoms with van der Waals surface area (Å²) >= 11 is 0. The van der Waals surface area contributed by atoms with Crippen LogP contribution >= 0.6 is 0 Å². The fraction of sp³-hybridized carbons (Fsp3) is 0.927. The molecule has 0 heterocycles. The molecule has 0 aromatic heterocycles. The standard InChI is InChI=1S/C41H78O6/c1-5-7-9-11-12-13-14-15-18-22-26-30-34-41(44)47-38(35-45-39(42)32-28-23-10-8-6-2)36-46-40(43)33-29-25-21-19-16-17-20-24-27-31-37(3)4/h37-38H,5-36H2,1-4H3/t38-/m0/s1. The molecule has 0 saturated carbocycles. The predicted octanol–water partition coefficient (Wildman–Crippen LogP) is 12.4. The molecule has 0 fully saturated rings. The van der Waals surface area contributed by atoms with E-state index in [1.165, 1.54) is 109 Å². The second-order valence-corrected chi connectivity index (χ2v) is 14.4. The van der Waals surface area contributed by atoms with Gasteiger partial charge in [0.25, 0.3) is 0 Å². The highest BCUT2D eigenvalue weighted by Gasteiger charge is 2.19. The third-order valence-corrected chi connectivity index (χ3v) is 9.04. The van der Waals surface area contributed by atoms with Crippen molar-refractivity contribution in [1.82, 2.24) is 0 Å². The van der Waals surface area contributed by atoms with E-state index in [0.29, 0.717) is 19.3 Å². The zero-order chi connectivity index (χ0) is 34.6. The average molecular weight is 667 g/mol. The Morgan fingerprint density at radius 1 is 0.404 bits per heavy atom. The molecule has 0 aliphatic rings. The number of ether oxygens (including phenoxy) is 3. The molecule has 0 rings (SSSR count). The van der Waals surface area contributed by atoms with Crippen molar-refractivity contribution in [3.05, 3.63) is 0 Å². The molecule has 0 unspecified atom stereocenters. The van der Waals surface area contributed by atoms with Gasteiger partial charge < -0.3 is 14.2 Å². The van der Waals surface area contributed by atoms with Crippen LogP contribution in [0.4, 0.5) is 0 Å². The van der Waals surface area contributed by atoms with E-state index in [4.69, 9.17) is 14.2 Å². The van der Waals surface area contributed by atoms with E-state index < -0.39 is 6.10 Å². The molecule has 0 aliphatic carbocycles. The van der Waals surface area contributed by atoms with Crippen LogP contribution < -0.4 is 0 Å². The summed E-state index contributed by atoms with van der Waals surface area (Å²) < 4.78 is 16.5. The normalized spacial score (nSPS) is 11.9. The summed E-state index contributed by atoms with van der Waals surface area (Å²) in [5.41, 5.74) is 0. The van der Waals surface area contributed by atoms with Gasteiger partial charge in [0.1, 0.15) is 13.2 Å². The Bertz CT molecular complexity index is 706. The molecule has 0 N–H and O–H groups in total. The van der Waals surface area contributed by atoms with Gasteiger partial charge in [0, 0.05) is 19.3 Å². The van der Waals surface area contributed by atoms with Crippen LogP contribution in [0.5, 0.6) is 0 Å². The molecule has 47 heavy (non-hydrogen) atoms. The number of carbonyl (C=O) groups is 3. The van der Waals surface area contributed by atoms with Crippen molar-refractivity contribution in [2.24, 2.45) is 5.92 Å². The molecule has 0 bridgehead atoms. The SMILES string of the molecule is CCCCCCCCCCCCCCC(=O)O[C@@H](COC(=O)CCCCCCC)COC(=O)CCCCCCCCCCCC(C)C. The second kappa shape index (κ2) is 35.7. The van der Waals surface area contributed by atoms with Crippen LogP contribution in [0.25, 0.3) is 0 Å². The Hall–Kier alpha value is -1.59. The molecule has 0 amide bonds. The first-order valence-electron chi connectivity index (χ1n) is 20.4. The van der Waals surface area contributed by atoms with Gasteiger partial charge in [-0.1, -0.05) is 182 Å². The lowest BCUT2D eigenvalue weighted by Gasteiger charge is -2.18. The molecule has 6 heteroatoms. The first kappa shape index (κ1) is 45.4. The van der Waals surface area contributed by atoms with Crippen LogP contribution in [0.1, 0.15) is 220 Å². The molecule has 0 spiro atoms. The summed E-state index contributed by atoms with van der Waals surface area (Å²) in [6.45, 7) is 8.87. The minimum Gasteiger partial charge on any atom is -0.462 e. The van der Waals surface area contributed by atoms with Crippen molar-refractivity contribution in [3.63, 3.8) is 0 Å². The number of carbonyl (C=O) groups excluding carboxylic acids is 3. The maximum absolute atomic E-state index is 12.6. The van der Waals surface area contributed by atoms with E-state index in [-0.39, 0.29) is 31.1 Å². The first-order chi connectivity index (χ1) is 22.9. The lowest BCUT2D eigenvalue weighted by atomic mass is 10.0. The van der Waals surface area contributed by atoms with Gasteiger partial charge in [-0.05, 0) is 25.2 Å². The largest absolute Gasteiger partial charge is 0.462 e. The van der Waals surface area contributed by atoms with Gasteiger partial charge in [-0.2, -0.15) is 0 Å². The van der Waals surface area contributed by atoms with Crippen LogP contribution in [-0.4, -0.2) is 37.2 Å². The van der Waals surface area contributed by atoms with Crippen LogP contribution in [-0.2, 0) is 28.6 Å². The van der Waals surface area contributed by atoms with Gasteiger partial charge in [-0.3, -0.25) is 14.4 Å². The van der Waals surface area contributed by atoms with E-state index >= 15 is 0 Å². The van der Waals surface area contributed by atoms with Crippen LogP contribution in [0, 0.1) is 5.92 Å². The van der Waals surface area contributed by atoms with Crippen LogP contribution in [0.3, 0.4) is 0 Å². The predicted molar refractivity (Wildman–Crippen MR) is 196 cm³/mol. The van der Waals surface area contributed by atoms with Crippen molar-refractivity contribution in [1.29, 1.82) is 0 Å². The highest BCUT2D eigenvalue weighted by Crippen LogP contribution is 2.15. The minimum absolute atomic E-state index is 0.0659. The Morgan fingerprint density at radius 3 is 1.04 bits per heavy atom. The lowest BCUT2D eigenvalue weighted by molar-refractivity contribution is -0.167. The highest BCUT2D eigenvalue weighted by molar-refractivity contribution is 5.71. The number of esters is 3. The lowest BCUT2D eigenvalue weighted by Crippen LogP contribution is -2.30. The molecule has 6 nitrogen and oxygen atoms in total. The number of unbranched alkanes of at least 4 members (excludes halogenated alkanes) is 23. The molecule has 278 valence electrons. The summed E-state index contributed by atoms with van der Waals surface area (Å²) in [4.78, 5) is 37.3. The van der Waals surface area contributed by atoms with E-state index in [1.54, 1.807) is 0 Å². The van der Waals surface area contributed by atoms with Gasteiger partial charge >= 0.3 is 17.9 Å². The molecule has 0 saturated heterocycles. The second-order valence-electron chi connectivity index (χ2n) is 14.4. The van der Waals surface area contributed by atoms with Gasteiger partial charge in [-0.25, -0.2) is 0 Å². The van der Waals surface area contributed by atoms with Gasteiger partial charge in [0.05, 0.1) is 0 Å².